The highest BCUT2D eigenvalue weighted by atomic mass is 16.5. The first-order valence-electron chi connectivity index (χ1n) is 8.25. The lowest BCUT2D eigenvalue weighted by Crippen LogP contribution is -2.26. The number of benzene rings is 1. The quantitative estimate of drug-likeness (QED) is 0.616. The molecule has 1 atom stereocenters. The lowest BCUT2D eigenvalue weighted by molar-refractivity contribution is 0.109. The van der Waals surface area contributed by atoms with E-state index in [2.05, 4.69) is 31.3 Å². The molecule has 0 aliphatic rings. The van der Waals surface area contributed by atoms with Gasteiger partial charge in [0.05, 0.1) is 18.8 Å². The molecule has 21 heavy (non-hydrogen) atoms. The van der Waals surface area contributed by atoms with Crippen LogP contribution in [0.4, 0.5) is 0 Å². The first-order chi connectivity index (χ1) is 10.2. The van der Waals surface area contributed by atoms with Gasteiger partial charge in [-0.2, -0.15) is 0 Å². The Balaban J connectivity index is 2.59. The molecule has 1 aromatic rings. The zero-order valence-corrected chi connectivity index (χ0v) is 14.0. The number of ether oxygens (including phenoxy) is 2. The Morgan fingerprint density at radius 1 is 1.05 bits per heavy atom. The van der Waals surface area contributed by atoms with Gasteiger partial charge in [0.25, 0.3) is 0 Å². The van der Waals surface area contributed by atoms with Gasteiger partial charge in [-0.1, -0.05) is 32.4 Å². The Kier molecular flexibility index (Phi) is 9.11. The first kappa shape index (κ1) is 18.0. The van der Waals surface area contributed by atoms with Crippen LogP contribution in [0.1, 0.15) is 58.6 Å². The van der Waals surface area contributed by atoms with Crippen molar-refractivity contribution in [3.05, 3.63) is 29.8 Å². The minimum atomic E-state index is 0.210. The van der Waals surface area contributed by atoms with Gasteiger partial charge in [-0.05, 0) is 50.9 Å². The molecule has 0 fully saturated rings. The third-order valence-electron chi connectivity index (χ3n) is 3.22. The van der Waals surface area contributed by atoms with Crippen molar-refractivity contribution in [2.75, 3.05) is 19.8 Å². The maximum absolute atomic E-state index is 5.79. The number of nitrogens with one attached hydrogen (secondary N) is 1. The minimum Gasteiger partial charge on any atom is -0.491 e. The summed E-state index contributed by atoms with van der Waals surface area (Å²) >= 11 is 0. The fraction of sp³-hybridized carbons (Fsp3) is 0.667. The maximum Gasteiger partial charge on any atom is 0.119 e. The van der Waals surface area contributed by atoms with Crippen LogP contribution < -0.4 is 10.1 Å². The highest BCUT2D eigenvalue weighted by Gasteiger charge is 2.11. The average molecular weight is 293 g/mol. The third-order valence-corrected chi connectivity index (χ3v) is 3.22. The number of hydrogen-bond donors (Lipinski definition) is 1. The van der Waals surface area contributed by atoms with E-state index in [4.69, 9.17) is 9.47 Å². The topological polar surface area (TPSA) is 30.5 Å². The summed E-state index contributed by atoms with van der Waals surface area (Å²) in [4.78, 5) is 0. The Bertz CT molecular complexity index is 362. The molecule has 0 aromatic heterocycles. The summed E-state index contributed by atoms with van der Waals surface area (Å²) in [5, 5.41) is 3.56. The second-order valence-corrected chi connectivity index (χ2v) is 5.67. The predicted octanol–water partition coefficient (Wildman–Crippen LogP) is 4.33. The monoisotopic (exact) mass is 293 g/mol. The molecule has 0 aliphatic heterocycles. The largest absolute Gasteiger partial charge is 0.491 e. The molecule has 0 saturated carbocycles. The molecule has 120 valence electrons. The average Bonchev–Trinajstić information content (AvgIpc) is 2.47. The van der Waals surface area contributed by atoms with Gasteiger partial charge >= 0.3 is 0 Å². The molecule has 0 aliphatic carbocycles. The van der Waals surface area contributed by atoms with E-state index in [9.17, 15) is 0 Å². The van der Waals surface area contributed by atoms with Crippen LogP contribution in [0.3, 0.4) is 0 Å². The highest BCUT2D eigenvalue weighted by molar-refractivity contribution is 5.29. The van der Waals surface area contributed by atoms with E-state index in [0.29, 0.717) is 0 Å². The highest BCUT2D eigenvalue weighted by Crippen LogP contribution is 2.19. The molecule has 1 unspecified atom stereocenters. The molecular formula is C18H31NO2. The van der Waals surface area contributed by atoms with Gasteiger partial charge in [0.1, 0.15) is 5.75 Å². The van der Waals surface area contributed by atoms with Gasteiger partial charge in [-0.25, -0.2) is 0 Å². The smallest absolute Gasteiger partial charge is 0.119 e. The van der Waals surface area contributed by atoms with Gasteiger partial charge in [0.15, 0.2) is 0 Å². The van der Waals surface area contributed by atoms with E-state index in [1.807, 2.05) is 26.0 Å². The maximum atomic E-state index is 5.79. The van der Waals surface area contributed by atoms with Gasteiger partial charge in [-0.15, -0.1) is 0 Å². The molecule has 1 aromatic carbocycles. The van der Waals surface area contributed by atoms with Crippen LogP contribution in [-0.2, 0) is 4.74 Å². The van der Waals surface area contributed by atoms with E-state index in [-0.39, 0.29) is 12.1 Å². The van der Waals surface area contributed by atoms with Crippen LogP contribution in [0.15, 0.2) is 24.3 Å². The minimum absolute atomic E-state index is 0.210. The van der Waals surface area contributed by atoms with Gasteiger partial charge in [0, 0.05) is 6.61 Å². The van der Waals surface area contributed by atoms with E-state index >= 15 is 0 Å². The van der Waals surface area contributed by atoms with Crippen LogP contribution in [0.25, 0.3) is 0 Å². The molecule has 1 rings (SSSR count). The summed E-state index contributed by atoms with van der Waals surface area (Å²) in [5.74, 6) is 0.926. The fourth-order valence-corrected chi connectivity index (χ4v) is 2.09. The molecule has 0 radical (unpaired) electrons. The third kappa shape index (κ3) is 7.49. The number of hydrogen-bond acceptors (Lipinski definition) is 3. The summed E-state index contributed by atoms with van der Waals surface area (Å²) in [6.45, 7) is 11.0. The first-order valence-corrected chi connectivity index (χ1v) is 8.25. The molecule has 0 spiro atoms. The van der Waals surface area contributed by atoms with Crippen molar-refractivity contribution in [1.82, 2.24) is 5.32 Å². The molecule has 0 saturated heterocycles. The van der Waals surface area contributed by atoms with Crippen molar-refractivity contribution in [2.45, 2.75) is 59.1 Å². The molecule has 0 amide bonds. The summed E-state index contributed by atoms with van der Waals surface area (Å²) in [7, 11) is 0. The molecule has 0 heterocycles. The van der Waals surface area contributed by atoms with Crippen molar-refractivity contribution in [3.63, 3.8) is 0 Å². The summed E-state index contributed by atoms with van der Waals surface area (Å²) in [5.41, 5.74) is 1.26. The summed E-state index contributed by atoms with van der Waals surface area (Å²) < 4.78 is 11.5. The number of rotatable bonds is 11. The van der Waals surface area contributed by atoms with Crippen LogP contribution in [-0.4, -0.2) is 25.9 Å². The van der Waals surface area contributed by atoms with Gasteiger partial charge in [0.2, 0.25) is 0 Å². The van der Waals surface area contributed by atoms with E-state index < -0.39 is 0 Å². The van der Waals surface area contributed by atoms with Crippen LogP contribution in [0.5, 0.6) is 5.75 Å². The molecule has 0 bridgehead atoms. The van der Waals surface area contributed by atoms with Crippen LogP contribution >= 0.6 is 0 Å². The Morgan fingerprint density at radius 2 is 1.76 bits per heavy atom. The van der Waals surface area contributed by atoms with E-state index in [1.165, 1.54) is 12.0 Å². The lowest BCUT2D eigenvalue weighted by Gasteiger charge is -2.20. The Hall–Kier alpha value is -1.06. The lowest BCUT2D eigenvalue weighted by atomic mass is 10.1. The summed E-state index contributed by atoms with van der Waals surface area (Å²) in [6, 6.07) is 8.61. The normalized spacial score (nSPS) is 12.6. The molecule has 3 heteroatoms. The molecular weight excluding hydrogens is 262 g/mol. The van der Waals surface area contributed by atoms with Crippen molar-refractivity contribution in [1.29, 1.82) is 0 Å². The van der Waals surface area contributed by atoms with E-state index in [0.717, 1.165) is 38.3 Å². The van der Waals surface area contributed by atoms with Crippen molar-refractivity contribution in [3.8, 4) is 5.75 Å². The molecule has 1 N–H and O–H groups in total. The van der Waals surface area contributed by atoms with Gasteiger partial charge in [-0.3, -0.25) is 0 Å². The zero-order valence-electron chi connectivity index (χ0n) is 14.0. The van der Waals surface area contributed by atoms with Crippen LogP contribution in [0, 0.1) is 0 Å². The Morgan fingerprint density at radius 3 is 2.33 bits per heavy atom. The summed E-state index contributed by atoms with van der Waals surface area (Å²) in [6.07, 6.45) is 3.64. The second-order valence-electron chi connectivity index (χ2n) is 5.67. The van der Waals surface area contributed by atoms with E-state index in [1.54, 1.807) is 0 Å². The standard InChI is InChI=1S/C18H31NO2/c1-5-7-13-20-14-18(19-12-6-2)16-8-10-17(11-9-16)21-15(3)4/h8-11,15,18-19H,5-7,12-14H2,1-4H3. The van der Waals surface area contributed by atoms with Crippen molar-refractivity contribution < 1.29 is 9.47 Å². The van der Waals surface area contributed by atoms with Gasteiger partial charge < -0.3 is 14.8 Å². The second kappa shape index (κ2) is 10.6. The van der Waals surface area contributed by atoms with Crippen molar-refractivity contribution in [2.24, 2.45) is 0 Å². The van der Waals surface area contributed by atoms with Crippen LogP contribution in [0.2, 0.25) is 0 Å². The Labute approximate surface area is 130 Å². The van der Waals surface area contributed by atoms with Crippen molar-refractivity contribution >= 4 is 0 Å². The predicted molar refractivity (Wildman–Crippen MR) is 89.0 cm³/mol. The fourth-order valence-electron chi connectivity index (χ4n) is 2.09. The number of unbranched alkanes of at least 4 members (excludes halogenated alkanes) is 1. The zero-order chi connectivity index (χ0) is 15.5. The SMILES string of the molecule is CCCCOCC(NCCC)c1ccc(OC(C)C)cc1. The molecule has 3 nitrogen and oxygen atoms in total.